The molecule has 3 aromatic carbocycles. The van der Waals surface area contributed by atoms with Crippen LogP contribution in [0.3, 0.4) is 0 Å². The number of amides is 1. The van der Waals surface area contributed by atoms with E-state index in [1.807, 2.05) is 61.5 Å². The van der Waals surface area contributed by atoms with Gasteiger partial charge in [0.15, 0.2) is 11.6 Å². The summed E-state index contributed by atoms with van der Waals surface area (Å²) in [7, 11) is 1.59. The van der Waals surface area contributed by atoms with Crippen LogP contribution in [0.25, 0.3) is 0 Å². The van der Waals surface area contributed by atoms with Gasteiger partial charge in [-0.1, -0.05) is 48.9 Å². The first kappa shape index (κ1) is 31.7. The lowest BCUT2D eigenvalue weighted by Gasteiger charge is -2.26. The van der Waals surface area contributed by atoms with Gasteiger partial charge in [-0.25, -0.2) is 14.2 Å². The second kappa shape index (κ2) is 15.9. The average Bonchev–Trinajstić information content (AvgIpc) is 3.07. The molecule has 1 aliphatic heterocycles. The number of carbonyl (C=O) groups is 1. The lowest BCUT2D eigenvalue weighted by molar-refractivity contribution is 0.113. The van der Waals surface area contributed by atoms with E-state index >= 15 is 0 Å². The van der Waals surface area contributed by atoms with E-state index in [-0.39, 0.29) is 18.2 Å². The highest BCUT2D eigenvalue weighted by atomic mass is 19.1. The molecule has 0 bridgehead atoms. The fourth-order valence-electron chi connectivity index (χ4n) is 5.24. The third-order valence-electron chi connectivity index (χ3n) is 7.67. The minimum Gasteiger partial charge on any atom is -0.497 e. The van der Waals surface area contributed by atoms with Gasteiger partial charge in [0.05, 0.1) is 20.3 Å². The molecular formula is C35H40FN5O4. The highest BCUT2D eigenvalue weighted by Crippen LogP contribution is 2.26. The molecule has 9 nitrogen and oxygen atoms in total. The molecule has 10 heteroatoms. The highest BCUT2D eigenvalue weighted by Gasteiger charge is 2.23. The number of piperidine rings is 1. The fourth-order valence-corrected chi connectivity index (χ4v) is 5.24. The van der Waals surface area contributed by atoms with Crippen LogP contribution in [0, 0.1) is 5.82 Å². The number of rotatable bonds is 13. The van der Waals surface area contributed by atoms with Gasteiger partial charge in [0.1, 0.15) is 17.7 Å². The number of halogens is 1. The predicted octanol–water partition coefficient (Wildman–Crippen LogP) is 7.53. The van der Waals surface area contributed by atoms with Crippen LogP contribution in [-0.2, 0) is 11.3 Å². The van der Waals surface area contributed by atoms with Gasteiger partial charge in [0.2, 0.25) is 5.95 Å². The standard InChI is InChI=1S/C35H40FN5O4/c1-26(28-12-5-3-6-13-28)45-35(42)41(25-27-11-9-14-30(23-27)43-2)33-17-18-37-34(39-33)38-29-15-16-32(31(36)24-29)44-22-10-21-40-19-7-4-8-20-40/h3,5-6,9,11-18,23-24,26H,4,7-8,10,19-22,25H2,1-2H3,(H,37,38,39)/t26-/m0/s1. The second-order valence-corrected chi connectivity index (χ2v) is 11.0. The van der Waals surface area contributed by atoms with E-state index in [0.717, 1.165) is 37.2 Å². The van der Waals surface area contributed by atoms with E-state index in [1.54, 1.807) is 25.3 Å². The Morgan fingerprint density at radius 2 is 1.84 bits per heavy atom. The molecule has 0 unspecified atom stereocenters. The number of methoxy groups -OCH3 is 1. The molecule has 1 aromatic heterocycles. The summed E-state index contributed by atoms with van der Waals surface area (Å²) in [4.78, 5) is 26.3. The molecule has 0 radical (unpaired) electrons. The summed E-state index contributed by atoms with van der Waals surface area (Å²) in [6, 6.07) is 23.2. The third-order valence-corrected chi connectivity index (χ3v) is 7.67. The Labute approximate surface area is 264 Å². The Morgan fingerprint density at radius 3 is 2.62 bits per heavy atom. The predicted molar refractivity (Wildman–Crippen MR) is 173 cm³/mol. The zero-order chi connectivity index (χ0) is 31.4. The number of hydrogen-bond acceptors (Lipinski definition) is 8. The first-order valence-corrected chi connectivity index (χ1v) is 15.4. The lowest BCUT2D eigenvalue weighted by Crippen LogP contribution is -2.32. The zero-order valence-corrected chi connectivity index (χ0v) is 25.8. The van der Waals surface area contributed by atoms with Crippen LogP contribution in [0.15, 0.2) is 85.1 Å². The van der Waals surface area contributed by atoms with E-state index in [2.05, 4.69) is 20.2 Å². The minimum absolute atomic E-state index is 0.173. The topological polar surface area (TPSA) is 89.0 Å². The SMILES string of the molecule is COc1cccc(CN(C(=O)O[C@@H](C)c2ccccc2)c2ccnc(Nc3ccc(OCCCN4CCCCC4)c(F)c3)n2)c1. The van der Waals surface area contributed by atoms with Crippen molar-refractivity contribution in [3.8, 4) is 11.5 Å². The van der Waals surface area contributed by atoms with Gasteiger partial charge in [-0.05, 0) is 80.7 Å². The number of likely N-dealkylation sites (tertiary alicyclic amines) is 1. The minimum atomic E-state index is -0.577. The number of anilines is 3. The summed E-state index contributed by atoms with van der Waals surface area (Å²) < 4.78 is 31.9. The van der Waals surface area contributed by atoms with Crippen molar-refractivity contribution in [3.05, 3.63) is 102 Å². The molecule has 4 aromatic rings. The summed E-state index contributed by atoms with van der Waals surface area (Å²) in [5.41, 5.74) is 2.14. The molecule has 0 saturated carbocycles. The molecule has 45 heavy (non-hydrogen) atoms. The molecule has 1 N–H and O–H groups in total. The Balaban J connectivity index is 1.27. The Morgan fingerprint density at radius 1 is 1.02 bits per heavy atom. The summed E-state index contributed by atoms with van der Waals surface area (Å²) in [6.45, 7) is 5.67. The molecule has 1 aliphatic rings. The van der Waals surface area contributed by atoms with Crippen molar-refractivity contribution < 1.29 is 23.4 Å². The van der Waals surface area contributed by atoms with Crippen molar-refractivity contribution in [2.75, 3.05) is 43.6 Å². The van der Waals surface area contributed by atoms with Crippen LogP contribution < -0.4 is 19.7 Å². The van der Waals surface area contributed by atoms with Crippen LogP contribution in [0.1, 0.15) is 49.8 Å². The monoisotopic (exact) mass is 613 g/mol. The van der Waals surface area contributed by atoms with Crippen molar-refractivity contribution in [2.24, 2.45) is 0 Å². The van der Waals surface area contributed by atoms with Crippen LogP contribution in [0.2, 0.25) is 0 Å². The number of benzene rings is 3. The van der Waals surface area contributed by atoms with Gasteiger partial charge in [-0.2, -0.15) is 4.98 Å². The molecular weight excluding hydrogens is 573 g/mol. The number of carbonyl (C=O) groups excluding carboxylic acids is 1. The van der Waals surface area contributed by atoms with E-state index < -0.39 is 18.0 Å². The molecule has 1 amide bonds. The second-order valence-electron chi connectivity index (χ2n) is 11.0. The highest BCUT2D eigenvalue weighted by molar-refractivity contribution is 5.86. The Bertz CT molecular complexity index is 1530. The maximum atomic E-state index is 14.9. The summed E-state index contributed by atoms with van der Waals surface area (Å²) in [5.74, 6) is 0.900. The lowest BCUT2D eigenvalue weighted by atomic mass is 10.1. The molecule has 1 fully saturated rings. The van der Waals surface area contributed by atoms with E-state index in [0.29, 0.717) is 23.9 Å². The molecule has 2 heterocycles. The number of hydrogen-bond donors (Lipinski definition) is 1. The van der Waals surface area contributed by atoms with Gasteiger partial charge in [0.25, 0.3) is 0 Å². The first-order valence-electron chi connectivity index (χ1n) is 15.4. The van der Waals surface area contributed by atoms with Crippen LogP contribution in [-0.4, -0.2) is 54.3 Å². The molecule has 0 aliphatic carbocycles. The number of aromatic nitrogens is 2. The van der Waals surface area contributed by atoms with Gasteiger partial charge in [-0.15, -0.1) is 0 Å². The Hall–Kier alpha value is -4.70. The van der Waals surface area contributed by atoms with Crippen LogP contribution in [0.5, 0.6) is 11.5 Å². The smallest absolute Gasteiger partial charge is 0.416 e. The van der Waals surface area contributed by atoms with Crippen LogP contribution >= 0.6 is 0 Å². The number of nitrogens with one attached hydrogen (secondary N) is 1. The van der Waals surface area contributed by atoms with Gasteiger partial charge < -0.3 is 24.4 Å². The fraction of sp³-hybridized carbons (Fsp3) is 0.343. The molecule has 236 valence electrons. The normalized spacial score (nSPS) is 13.9. The molecule has 5 rings (SSSR count). The first-order chi connectivity index (χ1) is 22.0. The van der Waals surface area contributed by atoms with Gasteiger partial charge in [0, 0.05) is 24.5 Å². The summed E-state index contributed by atoms with van der Waals surface area (Å²) >= 11 is 0. The number of nitrogens with zero attached hydrogens (tertiary/aromatic N) is 4. The maximum Gasteiger partial charge on any atom is 0.416 e. The maximum absolute atomic E-state index is 14.9. The zero-order valence-electron chi connectivity index (χ0n) is 25.8. The van der Waals surface area contributed by atoms with Crippen LogP contribution in [0.4, 0.5) is 26.6 Å². The van der Waals surface area contributed by atoms with Gasteiger partial charge in [-0.3, -0.25) is 4.90 Å². The largest absolute Gasteiger partial charge is 0.497 e. The number of ether oxygens (including phenoxy) is 3. The van der Waals surface area contributed by atoms with E-state index in [9.17, 15) is 9.18 Å². The molecule has 0 spiro atoms. The van der Waals surface area contributed by atoms with E-state index in [1.165, 1.54) is 36.4 Å². The third kappa shape index (κ3) is 9.15. The molecule has 1 saturated heterocycles. The molecule has 1 atom stereocenters. The van der Waals surface area contributed by atoms with Gasteiger partial charge >= 0.3 is 6.09 Å². The van der Waals surface area contributed by atoms with Crippen molar-refractivity contribution in [1.29, 1.82) is 0 Å². The quantitative estimate of drug-likeness (QED) is 0.155. The summed E-state index contributed by atoms with van der Waals surface area (Å²) in [5, 5.41) is 3.04. The van der Waals surface area contributed by atoms with Crippen molar-refractivity contribution in [1.82, 2.24) is 14.9 Å². The Kier molecular flexibility index (Phi) is 11.2. The van der Waals surface area contributed by atoms with Crippen molar-refractivity contribution in [3.63, 3.8) is 0 Å². The average molecular weight is 614 g/mol. The van der Waals surface area contributed by atoms with Crippen molar-refractivity contribution >= 4 is 23.5 Å². The van der Waals surface area contributed by atoms with E-state index in [4.69, 9.17) is 14.2 Å². The summed E-state index contributed by atoms with van der Waals surface area (Å²) in [6.07, 6.45) is 5.11. The van der Waals surface area contributed by atoms with Crippen molar-refractivity contribution in [2.45, 2.75) is 45.3 Å².